The van der Waals surface area contributed by atoms with Crippen LogP contribution in [0.4, 0.5) is 0 Å². The second-order valence-electron chi connectivity index (χ2n) is 8.16. The molecule has 2 heterocycles. The van der Waals surface area contributed by atoms with Crippen molar-refractivity contribution >= 4 is 34.2 Å². The molecule has 0 N–H and O–H groups in total. The molecule has 0 fully saturated rings. The number of carbonyl (C=O) groups is 1. The van der Waals surface area contributed by atoms with Gasteiger partial charge in [-0.1, -0.05) is 42.1 Å². The van der Waals surface area contributed by atoms with Gasteiger partial charge in [0.2, 0.25) is 5.78 Å². The Bertz CT molecular complexity index is 1640. The van der Waals surface area contributed by atoms with Crippen LogP contribution in [0.3, 0.4) is 0 Å². The molecule has 176 valence electrons. The Morgan fingerprint density at radius 1 is 1.03 bits per heavy atom. The van der Waals surface area contributed by atoms with Gasteiger partial charge < -0.3 is 4.74 Å². The van der Waals surface area contributed by atoms with E-state index in [1.54, 1.807) is 17.6 Å². The average molecular weight is 485 g/mol. The van der Waals surface area contributed by atoms with Gasteiger partial charge >= 0.3 is 0 Å². The van der Waals surface area contributed by atoms with Crippen LogP contribution in [-0.2, 0) is 5.75 Å². The van der Waals surface area contributed by atoms with Gasteiger partial charge in [0, 0.05) is 16.9 Å². The van der Waals surface area contributed by atoms with Crippen molar-refractivity contribution in [2.75, 3.05) is 6.61 Å². The Hall–Kier alpha value is -3.91. The zero-order chi connectivity index (χ0) is 24.5. The molecule has 2 aromatic heterocycles. The molecule has 35 heavy (non-hydrogen) atoms. The van der Waals surface area contributed by atoms with Gasteiger partial charge in [-0.2, -0.15) is 0 Å². The Balaban J connectivity index is 1.66. The van der Waals surface area contributed by atoms with E-state index in [-0.39, 0.29) is 11.3 Å². The summed E-state index contributed by atoms with van der Waals surface area (Å²) in [4.78, 5) is 25.5. The minimum Gasteiger partial charge on any atom is -0.494 e. The van der Waals surface area contributed by atoms with Crippen LogP contribution in [0.5, 0.6) is 5.75 Å². The van der Waals surface area contributed by atoms with Gasteiger partial charge in [0.05, 0.1) is 23.2 Å². The number of fused-ring (bicyclic) bond motifs is 3. The van der Waals surface area contributed by atoms with E-state index in [4.69, 9.17) is 4.74 Å². The molecule has 0 bridgehead atoms. The SMILES string of the molecule is CCOc1ccc(C(C)=O)cc1CSc1nnc2n(-c3ccccc3C)c(=O)c3ccccc3n12. The maximum absolute atomic E-state index is 13.5. The highest BCUT2D eigenvalue weighted by molar-refractivity contribution is 7.98. The molecule has 5 rings (SSSR count). The van der Waals surface area contributed by atoms with E-state index in [1.807, 2.05) is 78.9 Å². The Labute approximate surface area is 206 Å². The molecule has 3 aromatic carbocycles. The molecular formula is C27H24N4O3S. The third-order valence-electron chi connectivity index (χ3n) is 5.87. The summed E-state index contributed by atoms with van der Waals surface area (Å²) in [5.41, 5.74) is 3.87. The molecule has 8 heteroatoms. The topological polar surface area (TPSA) is 78.5 Å². The lowest BCUT2D eigenvalue weighted by Gasteiger charge is -2.13. The first-order valence-corrected chi connectivity index (χ1v) is 12.3. The molecule has 0 unspecified atom stereocenters. The van der Waals surface area contributed by atoms with Crippen molar-refractivity contribution in [1.82, 2.24) is 19.2 Å². The van der Waals surface area contributed by atoms with Crippen molar-refractivity contribution in [3.05, 3.63) is 93.8 Å². The van der Waals surface area contributed by atoms with E-state index in [0.29, 0.717) is 34.2 Å². The third-order valence-corrected chi connectivity index (χ3v) is 6.85. The standard InChI is InChI=1S/C27H24N4O3S/c1-4-34-24-14-13-19(18(3)32)15-20(24)16-35-27-29-28-26-30(22-11-7-5-9-17(22)2)25(33)21-10-6-8-12-23(21)31(26)27/h5-15H,4,16H2,1-3H3. The van der Waals surface area contributed by atoms with E-state index in [1.165, 1.54) is 11.8 Å². The minimum absolute atomic E-state index is 0.000433. The number of hydrogen-bond donors (Lipinski definition) is 0. The molecule has 0 atom stereocenters. The van der Waals surface area contributed by atoms with Crippen molar-refractivity contribution in [3.8, 4) is 11.4 Å². The first-order chi connectivity index (χ1) is 17.0. The normalized spacial score (nSPS) is 11.3. The van der Waals surface area contributed by atoms with Gasteiger partial charge in [-0.05, 0) is 62.7 Å². The van der Waals surface area contributed by atoms with E-state index in [2.05, 4.69) is 10.2 Å². The van der Waals surface area contributed by atoms with Gasteiger partial charge in [-0.25, -0.2) is 4.57 Å². The number of nitrogens with zero attached hydrogens (tertiary/aromatic N) is 4. The van der Waals surface area contributed by atoms with Crippen LogP contribution in [-0.4, -0.2) is 31.6 Å². The number of para-hydroxylation sites is 2. The van der Waals surface area contributed by atoms with Gasteiger partial charge in [0.15, 0.2) is 10.9 Å². The van der Waals surface area contributed by atoms with Gasteiger partial charge in [0.1, 0.15) is 5.75 Å². The lowest BCUT2D eigenvalue weighted by Crippen LogP contribution is -2.22. The molecule has 0 spiro atoms. The maximum atomic E-state index is 13.5. The van der Waals surface area contributed by atoms with Crippen LogP contribution >= 0.6 is 11.8 Å². The number of rotatable bonds is 7. The van der Waals surface area contributed by atoms with Gasteiger partial charge in [-0.3, -0.25) is 14.0 Å². The Morgan fingerprint density at radius 2 is 1.80 bits per heavy atom. The fourth-order valence-corrected chi connectivity index (χ4v) is 5.07. The predicted molar refractivity (Wildman–Crippen MR) is 138 cm³/mol. The van der Waals surface area contributed by atoms with Crippen LogP contribution in [0.15, 0.2) is 76.7 Å². The highest BCUT2D eigenvalue weighted by Crippen LogP contribution is 2.30. The smallest absolute Gasteiger partial charge is 0.267 e. The van der Waals surface area contributed by atoms with Crippen LogP contribution in [0.1, 0.15) is 35.3 Å². The van der Waals surface area contributed by atoms with E-state index in [0.717, 1.165) is 28.1 Å². The first-order valence-electron chi connectivity index (χ1n) is 11.3. The second-order valence-corrected chi connectivity index (χ2v) is 9.11. The summed E-state index contributed by atoms with van der Waals surface area (Å²) in [5.74, 6) is 1.71. The number of aromatic nitrogens is 4. The van der Waals surface area contributed by atoms with Crippen LogP contribution in [0.2, 0.25) is 0 Å². The quantitative estimate of drug-likeness (QED) is 0.232. The molecular weight excluding hydrogens is 460 g/mol. The summed E-state index contributed by atoms with van der Waals surface area (Å²) >= 11 is 1.48. The largest absolute Gasteiger partial charge is 0.494 e. The average Bonchev–Trinajstić information content (AvgIpc) is 3.28. The van der Waals surface area contributed by atoms with Crippen molar-refractivity contribution < 1.29 is 9.53 Å². The summed E-state index contributed by atoms with van der Waals surface area (Å²) in [6, 6.07) is 20.7. The summed E-state index contributed by atoms with van der Waals surface area (Å²) in [6.07, 6.45) is 0. The number of thioether (sulfide) groups is 1. The van der Waals surface area contributed by atoms with Crippen LogP contribution in [0, 0.1) is 6.92 Å². The van der Waals surface area contributed by atoms with Crippen molar-refractivity contribution in [1.29, 1.82) is 0 Å². The monoisotopic (exact) mass is 484 g/mol. The van der Waals surface area contributed by atoms with Crippen molar-refractivity contribution in [2.24, 2.45) is 0 Å². The highest BCUT2D eigenvalue weighted by atomic mass is 32.2. The number of ether oxygens (including phenoxy) is 1. The number of hydrogen-bond acceptors (Lipinski definition) is 6. The van der Waals surface area contributed by atoms with Crippen molar-refractivity contribution in [2.45, 2.75) is 31.7 Å². The van der Waals surface area contributed by atoms with Gasteiger partial charge in [-0.15, -0.1) is 10.2 Å². The van der Waals surface area contributed by atoms with Gasteiger partial charge in [0.25, 0.3) is 5.56 Å². The number of carbonyl (C=O) groups excluding carboxylic acids is 1. The fraction of sp³-hybridized carbons (Fsp3) is 0.185. The molecule has 0 aliphatic rings. The van der Waals surface area contributed by atoms with E-state index in [9.17, 15) is 9.59 Å². The first kappa shape index (κ1) is 22.9. The lowest BCUT2D eigenvalue weighted by molar-refractivity contribution is 0.101. The second kappa shape index (κ2) is 9.38. The Kier molecular flexibility index (Phi) is 6.13. The number of ketones is 1. The number of aryl methyl sites for hydroxylation is 1. The molecule has 5 aromatic rings. The summed E-state index contributed by atoms with van der Waals surface area (Å²) < 4.78 is 9.33. The molecule has 7 nitrogen and oxygen atoms in total. The summed E-state index contributed by atoms with van der Waals surface area (Å²) in [6.45, 7) is 5.98. The van der Waals surface area contributed by atoms with E-state index < -0.39 is 0 Å². The fourth-order valence-electron chi connectivity index (χ4n) is 4.15. The lowest BCUT2D eigenvalue weighted by atomic mass is 10.1. The molecule has 0 saturated carbocycles. The number of benzene rings is 3. The number of Topliss-reactive ketones (excluding diaryl/α,β-unsaturated/α-hetero) is 1. The maximum Gasteiger partial charge on any atom is 0.267 e. The third kappa shape index (κ3) is 4.10. The molecule has 0 amide bonds. The Morgan fingerprint density at radius 3 is 2.57 bits per heavy atom. The highest BCUT2D eigenvalue weighted by Gasteiger charge is 2.19. The minimum atomic E-state index is -0.140. The predicted octanol–water partition coefficient (Wildman–Crippen LogP) is 5.24. The molecule has 0 saturated heterocycles. The summed E-state index contributed by atoms with van der Waals surface area (Å²) in [7, 11) is 0. The van der Waals surface area contributed by atoms with Crippen LogP contribution < -0.4 is 10.3 Å². The molecule has 0 aliphatic heterocycles. The molecule has 0 radical (unpaired) electrons. The zero-order valence-electron chi connectivity index (χ0n) is 19.7. The zero-order valence-corrected chi connectivity index (χ0v) is 20.5. The van der Waals surface area contributed by atoms with Crippen molar-refractivity contribution in [3.63, 3.8) is 0 Å². The van der Waals surface area contributed by atoms with Crippen LogP contribution in [0.25, 0.3) is 22.4 Å². The summed E-state index contributed by atoms with van der Waals surface area (Å²) in [5, 5.41) is 10.1. The molecule has 0 aliphatic carbocycles. The van der Waals surface area contributed by atoms with E-state index >= 15 is 0 Å².